The average Bonchev–Trinajstić information content (AvgIpc) is 3.66. The molecule has 0 N–H and O–H groups in total. The minimum atomic E-state index is 0. The van der Waals surface area contributed by atoms with E-state index in [1.54, 1.807) is 0 Å². The summed E-state index contributed by atoms with van der Waals surface area (Å²) in [6.07, 6.45) is 3.49. The summed E-state index contributed by atoms with van der Waals surface area (Å²) in [4.78, 5) is 0. The van der Waals surface area contributed by atoms with Gasteiger partial charge in [-0.15, -0.1) is 5.56 Å². The van der Waals surface area contributed by atoms with Gasteiger partial charge < -0.3 is 24.8 Å². The van der Waals surface area contributed by atoms with Crippen molar-refractivity contribution in [3.05, 3.63) is 160 Å². The van der Waals surface area contributed by atoms with E-state index in [9.17, 15) is 0 Å². The molecule has 0 spiro atoms. The van der Waals surface area contributed by atoms with Crippen LogP contribution < -0.4 is 24.8 Å². The fourth-order valence-electron chi connectivity index (χ4n) is 5.76. The summed E-state index contributed by atoms with van der Waals surface area (Å²) in [5, 5.41) is 0. The molecule has 6 rings (SSSR count). The van der Waals surface area contributed by atoms with Crippen LogP contribution in [0, 0.1) is 6.07 Å². The van der Waals surface area contributed by atoms with Gasteiger partial charge in [-0.05, 0) is 17.4 Å². The van der Waals surface area contributed by atoms with Crippen LogP contribution in [0.4, 0.5) is 0 Å². The molecule has 0 atom stereocenters. The van der Waals surface area contributed by atoms with Crippen molar-refractivity contribution in [3.63, 3.8) is 0 Å². The van der Waals surface area contributed by atoms with Crippen LogP contribution in [0.15, 0.2) is 109 Å². The molecule has 0 radical (unpaired) electrons. The second-order valence-electron chi connectivity index (χ2n) is 15.9. The molecule has 0 heterocycles. The molecule has 0 bridgehead atoms. The Morgan fingerprint density at radius 2 is 1.16 bits per heavy atom. The third-order valence-electron chi connectivity index (χ3n) is 8.87. The quantitative estimate of drug-likeness (QED) is 0.190. The topological polar surface area (TPSA) is 0 Å². The molecule has 0 saturated carbocycles. The predicted octanol–water partition coefficient (Wildman–Crippen LogP) is 6.12. The number of aryl methyl sites for hydroxylation is 1. The van der Waals surface area contributed by atoms with Crippen molar-refractivity contribution < 1.29 is 49.0 Å². The summed E-state index contributed by atoms with van der Waals surface area (Å²) in [5.74, 6) is 0. The SMILES string of the molecule is CC(C)(C)c1c[c-]c2c(c1)-c1cc(C(C)(C)C)ccc1C2.CCCc1cc(C(C)(C)C)c[cH-]1.[Cl-].[Cl-].[Zr+2]=[C](c1ccccc1)c1ccccc1. The van der Waals surface area contributed by atoms with E-state index in [4.69, 9.17) is 0 Å². The third kappa shape index (κ3) is 11.8. The Morgan fingerprint density at radius 1 is 0.653 bits per heavy atom. The summed E-state index contributed by atoms with van der Waals surface area (Å²) in [6.45, 7) is 22.7. The molecule has 0 nitrogen and oxygen atoms in total. The number of halogens is 2. The van der Waals surface area contributed by atoms with Crippen LogP contribution in [0.1, 0.15) is 120 Å². The van der Waals surface area contributed by atoms with Gasteiger partial charge in [-0.1, -0.05) is 122 Å². The maximum atomic E-state index is 3.53. The van der Waals surface area contributed by atoms with Crippen LogP contribution in [0.5, 0.6) is 0 Å². The van der Waals surface area contributed by atoms with Crippen LogP contribution in [-0.4, -0.2) is 3.21 Å². The average molecular weight is 769 g/mol. The van der Waals surface area contributed by atoms with Gasteiger partial charge in [0.05, 0.1) is 0 Å². The van der Waals surface area contributed by atoms with Crippen LogP contribution in [-0.2, 0) is 53.3 Å². The Labute approximate surface area is 325 Å². The molecule has 5 aromatic carbocycles. The molecule has 0 unspecified atom stereocenters. The number of fused-ring (bicyclic) bond motifs is 3. The van der Waals surface area contributed by atoms with E-state index in [0.29, 0.717) is 5.41 Å². The van der Waals surface area contributed by atoms with E-state index in [1.165, 1.54) is 95.9 Å². The van der Waals surface area contributed by atoms with E-state index < -0.39 is 0 Å². The molecule has 0 amide bonds. The molecule has 0 aliphatic heterocycles. The van der Waals surface area contributed by atoms with Crippen molar-refractivity contribution in [1.29, 1.82) is 0 Å². The molecule has 0 fully saturated rings. The summed E-state index contributed by atoms with van der Waals surface area (Å²) in [6, 6.07) is 43.0. The van der Waals surface area contributed by atoms with E-state index in [-0.39, 0.29) is 35.6 Å². The number of hydrogen-bond acceptors (Lipinski definition) is 0. The van der Waals surface area contributed by atoms with Crippen molar-refractivity contribution in [2.24, 2.45) is 0 Å². The zero-order chi connectivity index (χ0) is 34.4. The number of rotatable bonds is 4. The van der Waals surface area contributed by atoms with Crippen molar-refractivity contribution >= 4 is 3.21 Å². The van der Waals surface area contributed by atoms with Gasteiger partial charge in [0.1, 0.15) is 0 Å². The summed E-state index contributed by atoms with van der Waals surface area (Å²) < 4.78 is 1.42. The number of hydrogen-bond donors (Lipinski definition) is 0. The molecule has 3 heteroatoms. The molecule has 258 valence electrons. The summed E-state index contributed by atoms with van der Waals surface area (Å²) in [5.41, 5.74) is 14.7. The van der Waals surface area contributed by atoms with Crippen LogP contribution >= 0.6 is 0 Å². The van der Waals surface area contributed by atoms with E-state index in [1.807, 2.05) is 0 Å². The van der Waals surface area contributed by atoms with Crippen molar-refractivity contribution in [1.82, 2.24) is 0 Å². The van der Waals surface area contributed by atoms with Gasteiger partial charge in [0.15, 0.2) is 0 Å². The summed E-state index contributed by atoms with van der Waals surface area (Å²) >= 11 is 1.46. The van der Waals surface area contributed by atoms with Gasteiger partial charge in [0.2, 0.25) is 0 Å². The van der Waals surface area contributed by atoms with E-state index in [2.05, 4.69) is 184 Å². The molecule has 0 saturated heterocycles. The monoisotopic (exact) mass is 766 g/mol. The normalized spacial score (nSPS) is 11.8. The van der Waals surface area contributed by atoms with E-state index >= 15 is 0 Å². The van der Waals surface area contributed by atoms with Crippen LogP contribution in [0.3, 0.4) is 0 Å². The first kappa shape index (κ1) is 42.7. The van der Waals surface area contributed by atoms with Crippen molar-refractivity contribution in [2.75, 3.05) is 0 Å². The molecule has 1 aliphatic rings. The van der Waals surface area contributed by atoms with Gasteiger partial charge in [-0.3, -0.25) is 0 Å². The zero-order valence-corrected chi connectivity index (χ0v) is 35.2. The Morgan fingerprint density at radius 3 is 1.63 bits per heavy atom. The predicted molar refractivity (Wildman–Crippen MR) is 202 cm³/mol. The first-order valence-corrected chi connectivity index (χ1v) is 18.4. The van der Waals surface area contributed by atoms with Gasteiger partial charge in [0.25, 0.3) is 0 Å². The maximum absolute atomic E-state index is 3.53. The molecule has 5 aromatic rings. The number of benzene rings is 4. The Hall–Kier alpha value is -2.44. The van der Waals surface area contributed by atoms with Gasteiger partial charge in [0, 0.05) is 0 Å². The molecule has 49 heavy (non-hydrogen) atoms. The standard InChI is InChI=1S/C21H25.C13H10.C12H19.2ClH.Zr/c1-20(2,3)16-9-7-14-11-15-8-10-17(21(4,5)6)13-19(15)18(14)12-16;1-3-7-12(8-4-1)11-13-9-5-2-6-10-13;1-5-6-10-7-8-11(9-10)12(2,3)4;;;/h7,9-10,12-13H,11H2,1-6H3;1-10H;7-9H,5-6H2,1-4H3;2*1H;/q-1;;-1;;;+2/p-2. The Kier molecular flexibility index (Phi) is 15.8. The molecule has 0 aromatic heterocycles. The molecular weight excluding hydrogens is 715 g/mol. The van der Waals surface area contributed by atoms with Crippen LogP contribution in [0.25, 0.3) is 11.1 Å². The fraction of sp³-hybridized carbons (Fsp3) is 0.348. The Bertz CT molecular complexity index is 1660. The van der Waals surface area contributed by atoms with Crippen molar-refractivity contribution in [2.45, 2.75) is 105 Å². The minimum absolute atomic E-state index is 0. The first-order valence-electron chi connectivity index (χ1n) is 17.2. The van der Waals surface area contributed by atoms with E-state index in [0.717, 1.165) is 6.42 Å². The van der Waals surface area contributed by atoms with Gasteiger partial charge in [-0.25, -0.2) is 6.07 Å². The molecule has 1 aliphatic carbocycles. The second-order valence-corrected chi connectivity index (χ2v) is 17.2. The van der Waals surface area contributed by atoms with Gasteiger partial charge in [-0.2, -0.15) is 52.6 Å². The zero-order valence-electron chi connectivity index (χ0n) is 31.3. The molecular formula is C46H54Cl2Zr-2. The van der Waals surface area contributed by atoms with Crippen LogP contribution in [0.2, 0.25) is 0 Å². The second kappa shape index (κ2) is 18.2. The summed E-state index contributed by atoms with van der Waals surface area (Å²) in [7, 11) is 0. The van der Waals surface area contributed by atoms with Gasteiger partial charge >= 0.3 is 99.2 Å². The third-order valence-corrected chi connectivity index (χ3v) is 10.3. The first-order chi connectivity index (χ1) is 22.1. The Balaban J connectivity index is 0.000000262. The fourth-order valence-corrected chi connectivity index (χ4v) is 6.58. The van der Waals surface area contributed by atoms with Crippen molar-refractivity contribution in [3.8, 4) is 11.1 Å².